The first kappa shape index (κ1) is 19.2. The van der Waals surface area contributed by atoms with Crippen LogP contribution >= 0.6 is 0 Å². The fourth-order valence-corrected chi connectivity index (χ4v) is 2.53. The van der Waals surface area contributed by atoms with Crippen LogP contribution in [0.3, 0.4) is 0 Å². The number of benzene rings is 1. The number of para-hydroxylation sites is 1. The SMILES string of the molecule is CCC(NC(=O)CNCC1CC1)c1ccccc1OCC(=O)N(C)C. The van der Waals surface area contributed by atoms with Crippen molar-refractivity contribution in [3.05, 3.63) is 29.8 Å². The van der Waals surface area contributed by atoms with Crippen LogP contribution in [-0.4, -0.2) is 50.5 Å². The van der Waals surface area contributed by atoms with Gasteiger partial charge < -0.3 is 20.3 Å². The molecule has 6 nitrogen and oxygen atoms in total. The number of hydrogen-bond donors (Lipinski definition) is 2. The third-order valence-electron chi connectivity index (χ3n) is 4.30. The summed E-state index contributed by atoms with van der Waals surface area (Å²) >= 11 is 0. The lowest BCUT2D eigenvalue weighted by Crippen LogP contribution is -2.37. The maximum absolute atomic E-state index is 12.2. The number of nitrogens with one attached hydrogen (secondary N) is 2. The van der Waals surface area contributed by atoms with E-state index < -0.39 is 0 Å². The van der Waals surface area contributed by atoms with E-state index in [1.807, 2.05) is 31.2 Å². The molecule has 0 aromatic heterocycles. The van der Waals surface area contributed by atoms with Crippen molar-refractivity contribution < 1.29 is 14.3 Å². The molecule has 1 aromatic carbocycles. The first-order valence-corrected chi connectivity index (χ1v) is 8.93. The standard InChI is InChI=1S/C19H29N3O3/c1-4-16(21-18(23)12-20-11-14-9-10-14)15-7-5-6-8-17(15)25-13-19(24)22(2)3/h5-8,14,16,20H,4,9-13H2,1-3H3,(H,21,23). The van der Waals surface area contributed by atoms with Crippen LogP contribution in [0.25, 0.3) is 0 Å². The van der Waals surface area contributed by atoms with Crippen molar-refractivity contribution in [2.45, 2.75) is 32.2 Å². The zero-order valence-electron chi connectivity index (χ0n) is 15.4. The van der Waals surface area contributed by atoms with Gasteiger partial charge in [-0.05, 0) is 37.8 Å². The summed E-state index contributed by atoms with van der Waals surface area (Å²) in [6.45, 7) is 3.24. The number of ether oxygens (including phenoxy) is 1. The average molecular weight is 347 g/mol. The van der Waals surface area contributed by atoms with Crippen LogP contribution in [0.2, 0.25) is 0 Å². The highest BCUT2D eigenvalue weighted by Crippen LogP contribution is 2.28. The number of hydrogen-bond acceptors (Lipinski definition) is 4. The maximum atomic E-state index is 12.2. The van der Waals surface area contributed by atoms with Crippen molar-refractivity contribution in [3.63, 3.8) is 0 Å². The highest BCUT2D eigenvalue weighted by Gasteiger charge is 2.21. The summed E-state index contributed by atoms with van der Waals surface area (Å²) in [4.78, 5) is 25.4. The second-order valence-electron chi connectivity index (χ2n) is 6.72. The van der Waals surface area contributed by atoms with Gasteiger partial charge in [-0.15, -0.1) is 0 Å². The van der Waals surface area contributed by atoms with E-state index >= 15 is 0 Å². The molecule has 1 fully saturated rings. The van der Waals surface area contributed by atoms with Gasteiger partial charge in [0.2, 0.25) is 5.91 Å². The molecule has 2 amide bonds. The lowest BCUT2D eigenvalue weighted by molar-refractivity contribution is -0.130. The first-order valence-electron chi connectivity index (χ1n) is 8.93. The van der Waals surface area contributed by atoms with Gasteiger partial charge in [0.1, 0.15) is 5.75 Å². The van der Waals surface area contributed by atoms with E-state index in [2.05, 4.69) is 10.6 Å². The zero-order chi connectivity index (χ0) is 18.2. The maximum Gasteiger partial charge on any atom is 0.259 e. The molecule has 1 aromatic rings. The van der Waals surface area contributed by atoms with Crippen molar-refractivity contribution in [1.29, 1.82) is 0 Å². The molecule has 25 heavy (non-hydrogen) atoms. The Labute approximate surface area is 149 Å². The summed E-state index contributed by atoms with van der Waals surface area (Å²) in [7, 11) is 3.39. The molecule has 1 aliphatic carbocycles. The number of carbonyl (C=O) groups is 2. The van der Waals surface area contributed by atoms with Crippen LogP contribution in [0.15, 0.2) is 24.3 Å². The molecule has 0 aliphatic heterocycles. The summed E-state index contributed by atoms with van der Waals surface area (Å²) in [5.41, 5.74) is 0.895. The molecule has 1 saturated carbocycles. The largest absolute Gasteiger partial charge is 0.483 e. The van der Waals surface area contributed by atoms with Crippen LogP contribution in [0.1, 0.15) is 37.8 Å². The minimum atomic E-state index is -0.138. The van der Waals surface area contributed by atoms with Crippen LogP contribution < -0.4 is 15.4 Å². The van der Waals surface area contributed by atoms with E-state index in [0.29, 0.717) is 12.3 Å². The minimum Gasteiger partial charge on any atom is -0.483 e. The van der Waals surface area contributed by atoms with Gasteiger partial charge in [0.05, 0.1) is 12.6 Å². The van der Waals surface area contributed by atoms with E-state index in [9.17, 15) is 9.59 Å². The number of rotatable bonds is 10. The van der Waals surface area contributed by atoms with Gasteiger partial charge in [-0.2, -0.15) is 0 Å². The number of carbonyl (C=O) groups excluding carboxylic acids is 2. The van der Waals surface area contributed by atoms with Gasteiger partial charge in [0.25, 0.3) is 5.91 Å². The first-order chi connectivity index (χ1) is 12.0. The number of amides is 2. The molecule has 6 heteroatoms. The van der Waals surface area contributed by atoms with Gasteiger partial charge in [0.15, 0.2) is 6.61 Å². The van der Waals surface area contributed by atoms with E-state index in [1.54, 1.807) is 14.1 Å². The van der Waals surface area contributed by atoms with Crippen molar-refractivity contribution in [1.82, 2.24) is 15.5 Å². The molecule has 0 saturated heterocycles. The zero-order valence-corrected chi connectivity index (χ0v) is 15.4. The lowest BCUT2D eigenvalue weighted by Gasteiger charge is -2.21. The van der Waals surface area contributed by atoms with Crippen molar-refractivity contribution in [2.24, 2.45) is 5.92 Å². The van der Waals surface area contributed by atoms with Gasteiger partial charge in [-0.1, -0.05) is 25.1 Å². The molecular weight excluding hydrogens is 318 g/mol. The average Bonchev–Trinajstić information content (AvgIpc) is 3.42. The Bertz CT molecular complexity index is 585. The summed E-state index contributed by atoms with van der Waals surface area (Å²) < 4.78 is 5.69. The summed E-state index contributed by atoms with van der Waals surface area (Å²) in [5, 5.41) is 6.25. The van der Waals surface area contributed by atoms with Gasteiger partial charge in [-0.25, -0.2) is 0 Å². The quantitative estimate of drug-likeness (QED) is 0.676. The molecule has 0 heterocycles. The van der Waals surface area contributed by atoms with Crippen LogP contribution in [0.5, 0.6) is 5.75 Å². The monoisotopic (exact) mass is 347 g/mol. The molecule has 1 aliphatic rings. The Morgan fingerprint density at radius 3 is 2.64 bits per heavy atom. The molecule has 138 valence electrons. The Morgan fingerprint density at radius 1 is 1.28 bits per heavy atom. The Morgan fingerprint density at radius 2 is 2.00 bits per heavy atom. The number of likely N-dealkylation sites (N-methyl/N-ethyl adjacent to an activating group) is 1. The number of nitrogens with zero attached hydrogens (tertiary/aromatic N) is 1. The van der Waals surface area contributed by atoms with Crippen LogP contribution in [0.4, 0.5) is 0 Å². The summed E-state index contributed by atoms with van der Waals surface area (Å²) in [6.07, 6.45) is 3.28. The topological polar surface area (TPSA) is 70.7 Å². The van der Waals surface area contributed by atoms with Crippen molar-refractivity contribution in [3.8, 4) is 5.75 Å². The normalized spacial score (nSPS) is 14.7. The van der Waals surface area contributed by atoms with E-state index in [0.717, 1.165) is 24.4 Å². The van der Waals surface area contributed by atoms with Crippen LogP contribution in [0, 0.1) is 5.92 Å². The summed E-state index contributed by atoms with van der Waals surface area (Å²) in [5.74, 6) is 1.26. The smallest absolute Gasteiger partial charge is 0.259 e. The van der Waals surface area contributed by atoms with Crippen LogP contribution in [-0.2, 0) is 9.59 Å². The second kappa shape index (κ2) is 9.42. The highest BCUT2D eigenvalue weighted by molar-refractivity contribution is 5.79. The Hall–Kier alpha value is -2.08. The third kappa shape index (κ3) is 6.38. The molecule has 0 spiro atoms. The van der Waals surface area contributed by atoms with Crippen molar-refractivity contribution in [2.75, 3.05) is 33.8 Å². The fraction of sp³-hybridized carbons (Fsp3) is 0.579. The van der Waals surface area contributed by atoms with Gasteiger partial charge >= 0.3 is 0 Å². The molecule has 0 radical (unpaired) electrons. The fourth-order valence-electron chi connectivity index (χ4n) is 2.53. The third-order valence-corrected chi connectivity index (χ3v) is 4.30. The molecule has 0 bridgehead atoms. The molecule has 2 N–H and O–H groups in total. The summed E-state index contributed by atoms with van der Waals surface area (Å²) in [6, 6.07) is 7.40. The minimum absolute atomic E-state index is 0.0165. The van der Waals surface area contributed by atoms with E-state index in [4.69, 9.17) is 4.74 Å². The van der Waals surface area contributed by atoms with Crippen molar-refractivity contribution >= 4 is 11.8 Å². The van der Waals surface area contributed by atoms with Gasteiger partial charge in [-0.3, -0.25) is 9.59 Å². The molecule has 1 unspecified atom stereocenters. The highest BCUT2D eigenvalue weighted by atomic mass is 16.5. The second-order valence-corrected chi connectivity index (χ2v) is 6.72. The molecule has 1 atom stereocenters. The predicted octanol–water partition coefficient (Wildman–Crippen LogP) is 1.72. The lowest BCUT2D eigenvalue weighted by atomic mass is 10.0. The van der Waals surface area contributed by atoms with E-state index in [1.165, 1.54) is 17.7 Å². The van der Waals surface area contributed by atoms with E-state index in [-0.39, 0.29) is 24.5 Å². The Kier molecular flexibility index (Phi) is 7.25. The predicted molar refractivity (Wildman–Crippen MR) is 97.4 cm³/mol. The Balaban J connectivity index is 1.93. The van der Waals surface area contributed by atoms with Gasteiger partial charge in [0, 0.05) is 19.7 Å². The molecule has 2 rings (SSSR count). The molecular formula is C19H29N3O3.